The summed E-state index contributed by atoms with van der Waals surface area (Å²) in [7, 11) is 1.23. The van der Waals surface area contributed by atoms with Crippen LogP contribution in [0.2, 0.25) is 0 Å². The third-order valence-electron chi connectivity index (χ3n) is 7.02. The maximum atomic E-state index is 13.8. The second-order valence-electron chi connectivity index (χ2n) is 9.79. The van der Waals surface area contributed by atoms with E-state index in [0.717, 1.165) is 23.8 Å². The van der Waals surface area contributed by atoms with E-state index in [4.69, 9.17) is 4.74 Å². The minimum atomic E-state index is -4.61. The van der Waals surface area contributed by atoms with Crippen LogP contribution in [0.25, 0.3) is 0 Å². The number of allylic oxidation sites excluding steroid dienone is 1. The predicted molar refractivity (Wildman–Crippen MR) is 146 cm³/mol. The average molecular weight is 590 g/mol. The molecule has 1 aliphatic rings. The zero-order valence-electron chi connectivity index (χ0n) is 22.9. The lowest BCUT2D eigenvalue weighted by atomic mass is 9.95. The van der Waals surface area contributed by atoms with E-state index in [9.17, 15) is 31.1 Å². The van der Waals surface area contributed by atoms with Gasteiger partial charge >= 0.3 is 18.3 Å². The van der Waals surface area contributed by atoms with Gasteiger partial charge in [0, 0.05) is 5.70 Å². The second kappa shape index (κ2) is 12.7. The van der Waals surface area contributed by atoms with Crippen molar-refractivity contribution >= 4 is 11.9 Å². The standard InChI is InChI=1S/C31H29F6N3O2/c1-20-27(28(41)42-2)26(17-14-21-8-4-3-5-9-21)39-29(38-18-22-12-15-24(16-13-22)30(32,33)34)40(20)19-23-10-6-7-11-25(23)31(35,36)37/h3-13,15-16,26H,14,17-19H2,1-2H3,(H,38,39). The largest absolute Gasteiger partial charge is 0.466 e. The van der Waals surface area contributed by atoms with Crippen LogP contribution in [0.15, 0.2) is 95.1 Å². The second-order valence-corrected chi connectivity index (χ2v) is 9.79. The Kier molecular flexibility index (Phi) is 9.28. The van der Waals surface area contributed by atoms with E-state index >= 15 is 0 Å². The van der Waals surface area contributed by atoms with Crippen LogP contribution >= 0.6 is 0 Å². The highest BCUT2D eigenvalue weighted by atomic mass is 19.4. The molecule has 1 unspecified atom stereocenters. The number of nitrogens with zero attached hydrogens (tertiary/aromatic N) is 2. The van der Waals surface area contributed by atoms with Crippen LogP contribution in [-0.2, 0) is 41.4 Å². The van der Waals surface area contributed by atoms with E-state index < -0.39 is 35.5 Å². The van der Waals surface area contributed by atoms with Gasteiger partial charge in [-0.15, -0.1) is 0 Å². The number of hydrogen-bond acceptors (Lipinski definition) is 3. The van der Waals surface area contributed by atoms with Crippen molar-refractivity contribution in [3.05, 3.63) is 118 Å². The summed E-state index contributed by atoms with van der Waals surface area (Å²) in [5.74, 6) is -0.441. The maximum Gasteiger partial charge on any atom is 0.416 e. The zero-order chi connectivity index (χ0) is 30.5. The molecule has 0 aromatic heterocycles. The van der Waals surface area contributed by atoms with Crippen molar-refractivity contribution in [2.45, 2.75) is 51.2 Å². The number of alkyl halides is 6. The topological polar surface area (TPSA) is 53.9 Å². The van der Waals surface area contributed by atoms with Crippen LogP contribution < -0.4 is 5.32 Å². The van der Waals surface area contributed by atoms with Crippen LogP contribution in [0, 0.1) is 0 Å². The summed E-state index contributed by atoms with van der Waals surface area (Å²) >= 11 is 0. The number of rotatable bonds is 8. The number of carbonyl (C=O) groups is 1. The summed E-state index contributed by atoms with van der Waals surface area (Å²) in [5.41, 5.74) is 0.432. The molecule has 0 amide bonds. The highest BCUT2D eigenvalue weighted by Gasteiger charge is 2.37. The van der Waals surface area contributed by atoms with Crippen molar-refractivity contribution < 1.29 is 35.9 Å². The number of esters is 1. The third-order valence-corrected chi connectivity index (χ3v) is 7.02. The molecule has 0 radical (unpaired) electrons. The lowest BCUT2D eigenvalue weighted by Gasteiger charge is -2.38. The minimum Gasteiger partial charge on any atom is -0.466 e. The fraction of sp³-hybridized carbons (Fsp3) is 0.290. The van der Waals surface area contributed by atoms with Crippen molar-refractivity contribution in [3.8, 4) is 0 Å². The lowest BCUT2D eigenvalue weighted by Crippen LogP contribution is -2.52. The smallest absolute Gasteiger partial charge is 0.416 e. The molecule has 1 N–H and O–H groups in total. The van der Waals surface area contributed by atoms with E-state index in [1.807, 2.05) is 30.3 Å². The molecule has 0 fully saturated rings. The number of benzene rings is 3. The molecule has 42 heavy (non-hydrogen) atoms. The van der Waals surface area contributed by atoms with Crippen molar-refractivity contribution in [1.82, 2.24) is 10.2 Å². The third kappa shape index (κ3) is 7.32. The number of guanidine groups is 1. The molecule has 1 atom stereocenters. The van der Waals surface area contributed by atoms with Crippen LogP contribution in [0.5, 0.6) is 0 Å². The average Bonchev–Trinajstić information content (AvgIpc) is 2.96. The number of nitrogens with one attached hydrogen (secondary N) is 1. The Morgan fingerprint density at radius 2 is 1.52 bits per heavy atom. The number of aryl methyl sites for hydroxylation is 1. The summed E-state index contributed by atoms with van der Waals surface area (Å²) in [5, 5.41) is 3.21. The first-order chi connectivity index (χ1) is 19.9. The number of aliphatic imine (C=N–C) groups is 1. The van der Waals surface area contributed by atoms with E-state index in [2.05, 4.69) is 10.3 Å². The molecule has 0 spiro atoms. The number of ether oxygens (including phenoxy) is 1. The van der Waals surface area contributed by atoms with Gasteiger partial charge in [0.1, 0.15) is 0 Å². The van der Waals surface area contributed by atoms with E-state index in [1.54, 1.807) is 6.92 Å². The van der Waals surface area contributed by atoms with Gasteiger partial charge in [-0.1, -0.05) is 60.7 Å². The first-order valence-electron chi connectivity index (χ1n) is 13.1. The number of methoxy groups -OCH3 is 1. The van der Waals surface area contributed by atoms with Gasteiger partial charge in [0.05, 0.1) is 42.9 Å². The highest BCUT2D eigenvalue weighted by Crippen LogP contribution is 2.34. The highest BCUT2D eigenvalue weighted by molar-refractivity contribution is 5.95. The van der Waals surface area contributed by atoms with Crippen molar-refractivity contribution in [3.63, 3.8) is 0 Å². The van der Waals surface area contributed by atoms with Gasteiger partial charge in [-0.25, -0.2) is 9.79 Å². The van der Waals surface area contributed by atoms with Crippen molar-refractivity contribution in [2.75, 3.05) is 7.11 Å². The SMILES string of the molecule is COC(=O)C1=C(C)N(Cc2ccccc2C(F)(F)F)C(=NCc2ccc(C(F)(F)F)cc2)NC1CCc1ccccc1. The first-order valence-corrected chi connectivity index (χ1v) is 13.1. The molecule has 0 bridgehead atoms. The van der Waals surface area contributed by atoms with Crippen molar-refractivity contribution in [1.29, 1.82) is 0 Å². The fourth-order valence-corrected chi connectivity index (χ4v) is 4.83. The Morgan fingerprint density at radius 1 is 0.881 bits per heavy atom. The minimum absolute atomic E-state index is 0.0414. The molecule has 3 aromatic rings. The summed E-state index contributed by atoms with van der Waals surface area (Å²) < 4.78 is 85.6. The molecule has 222 valence electrons. The van der Waals surface area contributed by atoms with Crippen LogP contribution in [0.3, 0.4) is 0 Å². The number of carbonyl (C=O) groups excluding carboxylic acids is 1. The Bertz CT molecular complexity index is 1450. The van der Waals surface area contributed by atoms with Crippen LogP contribution in [0.4, 0.5) is 26.3 Å². The molecule has 1 aliphatic heterocycles. The Labute approximate surface area is 239 Å². The molecular formula is C31H29F6N3O2. The summed E-state index contributed by atoms with van der Waals surface area (Å²) in [6.45, 7) is 1.29. The molecule has 0 saturated carbocycles. The predicted octanol–water partition coefficient (Wildman–Crippen LogP) is 7.13. The van der Waals surface area contributed by atoms with Gasteiger partial charge in [-0.05, 0) is 54.7 Å². The molecule has 3 aromatic carbocycles. The maximum absolute atomic E-state index is 13.8. The Hall–Kier alpha value is -4.28. The Balaban J connectivity index is 1.74. The molecule has 5 nitrogen and oxygen atoms in total. The molecule has 1 heterocycles. The van der Waals surface area contributed by atoms with E-state index in [-0.39, 0.29) is 30.2 Å². The van der Waals surface area contributed by atoms with Crippen LogP contribution in [-0.4, -0.2) is 30.0 Å². The molecule has 0 saturated heterocycles. The summed E-state index contributed by atoms with van der Waals surface area (Å²) in [6, 6.07) is 18.6. The lowest BCUT2D eigenvalue weighted by molar-refractivity contribution is -0.139. The molecule has 11 heteroatoms. The summed E-state index contributed by atoms with van der Waals surface area (Å²) in [6.07, 6.45) is -8.08. The monoisotopic (exact) mass is 589 g/mol. The van der Waals surface area contributed by atoms with Gasteiger partial charge in [0.2, 0.25) is 0 Å². The van der Waals surface area contributed by atoms with Gasteiger partial charge in [0.15, 0.2) is 5.96 Å². The quantitative estimate of drug-likeness (QED) is 0.224. The molecule has 0 aliphatic carbocycles. The zero-order valence-corrected chi connectivity index (χ0v) is 22.9. The van der Waals surface area contributed by atoms with E-state index in [0.29, 0.717) is 24.1 Å². The van der Waals surface area contributed by atoms with Gasteiger partial charge in [0.25, 0.3) is 0 Å². The molecule has 4 rings (SSSR count). The molecular weight excluding hydrogens is 560 g/mol. The van der Waals surface area contributed by atoms with Crippen molar-refractivity contribution in [2.24, 2.45) is 4.99 Å². The van der Waals surface area contributed by atoms with E-state index in [1.165, 1.54) is 42.3 Å². The van der Waals surface area contributed by atoms with Crippen LogP contribution in [0.1, 0.15) is 41.2 Å². The fourth-order valence-electron chi connectivity index (χ4n) is 4.83. The number of halogens is 6. The number of hydrogen-bond donors (Lipinski definition) is 1. The summed E-state index contributed by atoms with van der Waals surface area (Å²) in [4.78, 5) is 19.0. The Morgan fingerprint density at radius 3 is 2.14 bits per heavy atom. The van der Waals surface area contributed by atoms with Gasteiger partial charge in [-0.2, -0.15) is 26.3 Å². The normalized spacial score (nSPS) is 16.9. The van der Waals surface area contributed by atoms with Gasteiger partial charge in [-0.3, -0.25) is 0 Å². The first kappa shape index (κ1) is 30.7. The van der Waals surface area contributed by atoms with Gasteiger partial charge < -0.3 is 15.0 Å².